The van der Waals surface area contributed by atoms with Crippen LogP contribution in [0.4, 0.5) is 5.69 Å². The van der Waals surface area contributed by atoms with Gasteiger partial charge in [-0.1, -0.05) is 66.2 Å². The Hall–Kier alpha value is -3.60. The largest absolute Gasteiger partial charge is 0.495 e. The first-order chi connectivity index (χ1) is 15.5. The predicted octanol–water partition coefficient (Wildman–Crippen LogP) is 4.57. The van der Waals surface area contributed by atoms with Crippen molar-refractivity contribution in [2.75, 3.05) is 18.6 Å². The molecule has 32 heavy (non-hydrogen) atoms. The molecule has 2 unspecified atom stereocenters. The van der Waals surface area contributed by atoms with Crippen molar-refractivity contribution in [1.82, 2.24) is 5.32 Å². The molecule has 1 aliphatic rings. The lowest BCUT2D eigenvalue weighted by Crippen LogP contribution is -2.36. The van der Waals surface area contributed by atoms with Gasteiger partial charge in [-0.2, -0.15) is 0 Å². The second-order valence-corrected chi connectivity index (χ2v) is 8.34. The van der Waals surface area contributed by atoms with Crippen molar-refractivity contribution in [3.05, 3.63) is 95.1 Å². The number of hydrogen-bond donors (Lipinski definition) is 1. The maximum absolute atomic E-state index is 13.3. The molecule has 1 N–H and O–H groups in total. The lowest BCUT2D eigenvalue weighted by Gasteiger charge is -2.23. The minimum atomic E-state index is -0.427. The van der Waals surface area contributed by atoms with Crippen molar-refractivity contribution in [1.29, 1.82) is 0 Å². The summed E-state index contributed by atoms with van der Waals surface area (Å²) in [4.78, 5) is 27.8. The van der Waals surface area contributed by atoms with Crippen molar-refractivity contribution < 1.29 is 14.3 Å². The number of methoxy groups -OCH3 is 1. The zero-order chi connectivity index (χ0) is 22.7. The number of hydrogen-bond acceptors (Lipinski definition) is 3. The number of amides is 2. The highest BCUT2D eigenvalue weighted by Gasteiger charge is 2.37. The van der Waals surface area contributed by atoms with E-state index in [1.165, 1.54) is 0 Å². The van der Waals surface area contributed by atoms with Crippen LogP contribution in [0.15, 0.2) is 72.8 Å². The average Bonchev–Trinajstić information content (AvgIpc) is 3.20. The number of nitrogens with zero attached hydrogens (tertiary/aromatic N) is 1. The van der Waals surface area contributed by atoms with Gasteiger partial charge in [0.1, 0.15) is 5.75 Å². The second-order valence-electron chi connectivity index (χ2n) is 8.34. The summed E-state index contributed by atoms with van der Waals surface area (Å²) in [6.07, 6.45) is 0.179. The molecular formula is C27H28N2O3. The first kappa shape index (κ1) is 21.6. The monoisotopic (exact) mass is 428 g/mol. The van der Waals surface area contributed by atoms with Gasteiger partial charge in [0.05, 0.1) is 24.8 Å². The Morgan fingerprint density at radius 2 is 1.62 bits per heavy atom. The highest BCUT2D eigenvalue weighted by molar-refractivity contribution is 6.01. The Labute approximate surface area is 189 Å². The van der Waals surface area contributed by atoms with Gasteiger partial charge in [0.15, 0.2) is 0 Å². The molecule has 4 rings (SSSR count). The Morgan fingerprint density at radius 1 is 0.969 bits per heavy atom. The van der Waals surface area contributed by atoms with E-state index in [0.717, 1.165) is 22.3 Å². The summed E-state index contributed by atoms with van der Waals surface area (Å²) in [6.45, 7) is 4.35. The standard InChI is InChI=1S/C27H28N2O3/c1-18-9-12-21(13-10-18)26(20-7-5-4-6-8-20)28-27(31)22-16-25(30)29(17-22)23-15-19(2)11-14-24(23)32-3/h4-15,22,26H,16-17H2,1-3H3,(H,28,31). The molecule has 164 valence electrons. The van der Waals surface area contributed by atoms with Crippen LogP contribution in [0, 0.1) is 19.8 Å². The first-order valence-electron chi connectivity index (χ1n) is 10.8. The van der Waals surface area contributed by atoms with Gasteiger partial charge < -0.3 is 15.0 Å². The third-order valence-electron chi connectivity index (χ3n) is 5.95. The number of aryl methyl sites for hydroxylation is 2. The zero-order valence-corrected chi connectivity index (χ0v) is 18.7. The summed E-state index contributed by atoms with van der Waals surface area (Å²) in [5, 5.41) is 3.19. The van der Waals surface area contributed by atoms with Crippen LogP contribution in [-0.2, 0) is 9.59 Å². The highest BCUT2D eigenvalue weighted by Crippen LogP contribution is 2.34. The molecule has 5 heteroatoms. The third kappa shape index (κ3) is 4.52. The summed E-state index contributed by atoms with van der Waals surface area (Å²) >= 11 is 0. The van der Waals surface area contributed by atoms with E-state index < -0.39 is 5.92 Å². The molecule has 1 saturated heterocycles. The Bertz CT molecular complexity index is 1110. The number of carbonyl (C=O) groups is 2. The lowest BCUT2D eigenvalue weighted by atomic mass is 9.96. The fraction of sp³-hybridized carbons (Fsp3) is 0.259. The Kier molecular flexibility index (Phi) is 6.26. The van der Waals surface area contributed by atoms with Crippen molar-refractivity contribution >= 4 is 17.5 Å². The average molecular weight is 429 g/mol. The minimum Gasteiger partial charge on any atom is -0.495 e. The molecule has 1 fully saturated rings. The number of benzene rings is 3. The molecule has 1 aliphatic heterocycles. The van der Waals surface area contributed by atoms with E-state index in [0.29, 0.717) is 18.0 Å². The van der Waals surface area contributed by atoms with Gasteiger partial charge in [-0.05, 0) is 42.7 Å². The minimum absolute atomic E-state index is 0.0688. The SMILES string of the molecule is COc1ccc(C)cc1N1CC(C(=O)NC(c2ccccc2)c2ccc(C)cc2)CC1=O. The van der Waals surface area contributed by atoms with Crippen molar-refractivity contribution in [3.63, 3.8) is 0 Å². The van der Waals surface area contributed by atoms with E-state index in [1.807, 2.05) is 86.6 Å². The van der Waals surface area contributed by atoms with Gasteiger partial charge >= 0.3 is 0 Å². The number of ether oxygens (including phenoxy) is 1. The van der Waals surface area contributed by atoms with E-state index in [4.69, 9.17) is 4.74 Å². The summed E-state index contributed by atoms with van der Waals surface area (Å²) in [5.41, 5.74) is 4.93. The topological polar surface area (TPSA) is 58.6 Å². The van der Waals surface area contributed by atoms with Crippen molar-refractivity contribution in [3.8, 4) is 5.75 Å². The molecule has 3 aromatic carbocycles. The fourth-order valence-corrected chi connectivity index (χ4v) is 4.15. The molecule has 0 radical (unpaired) electrons. The van der Waals surface area contributed by atoms with Crippen LogP contribution in [0.3, 0.4) is 0 Å². The van der Waals surface area contributed by atoms with E-state index in [-0.39, 0.29) is 24.3 Å². The van der Waals surface area contributed by atoms with Crippen molar-refractivity contribution in [2.45, 2.75) is 26.3 Å². The molecule has 0 aromatic heterocycles. The van der Waals surface area contributed by atoms with Gasteiger partial charge in [0.2, 0.25) is 11.8 Å². The molecule has 0 bridgehead atoms. The van der Waals surface area contributed by atoms with E-state index >= 15 is 0 Å². The zero-order valence-electron chi connectivity index (χ0n) is 18.7. The smallest absolute Gasteiger partial charge is 0.227 e. The maximum Gasteiger partial charge on any atom is 0.227 e. The molecular weight excluding hydrogens is 400 g/mol. The number of rotatable bonds is 6. The maximum atomic E-state index is 13.3. The molecule has 3 aromatic rings. The molecule has 5 nitrogen and oxygen atoms in total. The molecule has 2 atom stereocenters. The van der Waals surface area contributed by atoms with Gasteiger partial charge in [0.25, 0.3) is 0 Å². The molecule has 0 aliphatic carbocycles. The summed E-state index contributed by atoms with van der Waals surface area (Å²) < 4.78 is 5.45. The quantitative estimate of drug-likeness (QED) is 0.626. The summed E-state index contributed by atoms with van der Waals surface area (Å²) in [6, 6.07) is 23.5. The van der Waals surface area contributed by atoms with Gasteiger partial charge in [-0.3, -0.25) is 9.59 Å². The van der Waals surface area contributed by atoms with E-state index in [2.05, 4.69) is 5.32 Å². The molecule has 0 saturated carbocycles. The van der Waals surface area contributed by atoms with Crippen LogP contribution in [0.1, 0.15) is 34.7 Å². The highest BCUT2D eigenvalue weighted by atomic mass is 16.5. The summed E-state index contributed by atoms with van der Waals surface area (Å²) in [5.74, 6) is 0.0127. The normalized spacial score (nSPS) is 16.7. The van der Waals surface area contributed by atoms with E-state index in [9.17, 15) is 9.59 Å². The summed E-state index contributed by atoms with van der Waals surface area (Å²) in [7, 11) is 1.59. The van der Waals surface area contributed by atoms with E-state index in [1.54, 1.807) is 12.0 Å². The second kappa shape index (κ2) is 9.27. The van der Waals surface area contributed by atoms with Crippen LogP contribution >= 0.6 is 0 Å². The van der Waals surface area contributed by atoms with Gasteiger partial charge in [0, 0.05) is 13.0 Å². The third-order valence-corrected chi connectivity index (χ3v) is 5.95. The predicted molar refractivity (Wildman–Crippen MR) is 126 cm³/mol. The lowest BCUT2D eigenvalue weighted by molar-refractivity contribution is -0.126. The van der Waals surface area contributed by atoms with Crippen LogP contribution < -0.4 is 15.0 Å². The van der Waals surface area contributed by atoms with Crippen LogP contribution in [0.25, 0.3) is 0 Å². The van der Waals surface area contributed by atoms with Gasteiger partial charge in [-0.15, -0.1) is 0 Å². The number of carbonyl (C=O) groups excluding carboxylic acids is 2. The number of nitrogens with one attached hydrogen (secondary N) is 1. The molecule has 2 amide bonds. The van der Waals surface area contributed by atoms with Crippen LogP contribution in [0.5, 0.6) is 5.75 Å². The Balaban J connectivity index is 1.56. The number of anilines is 1. The van der Waals surface area contributed by atoms with Crippen LogP contribution in [0.2, 0.25) is 0 Å². The Morgan fingerprint density at radius 3 is 2.31 bits per heavy atom. The molecule has 1 heterocycles. The molecule has 0 spiro atoms. The first-order valence-corrected chi connectivity index (χ1v) is 10.8. The van der Waals surface area contributed by atoms with Crippen LogP contribution in [-0.4, -0.2) is 25.5 Å². The fourth-order valence-electron chi connectivity index (χ4n) is 4.15. The van der Waals surface area contributed by atoms with Crippen molar-refractivity contribution in [2.24, 2.45) is 5.92 Å². The van der Waals surface area contributed by atoms with Gasteiger partial charge in [-0.25, -0.2) is 0 Å².